The van der Waals surface area contributed by atoms with Gasteiger partial charge in [0, 0.05) is 57.1 Å². The zero-order chi connectivity index (χ0) is 23.7. The van der Waals surface area contributed by atoms with Crippen molar-refractivity contribution in [3.63, 3.8) is 0 Å². The van der Waals surface area contributed by atoms with E-state index in [1.165, 1.54) is 18.2 Å². The minimum Gasteiger partial charge on any atom is -0.383 e. The van der Waals surface area contributed by atoms with E-state index in [-0.39, 0.29) is 0 Å². The van der Waals surface area contributed by atoms with Crippen molar-refractivity contribution in [2.75, 3.05) is 16.4 Å². The average molecular weight is 473 g/mol. The number of hydrogen-bond donors (Lipinski definition) is 3. The minimum atomic E-state index is -0.454. The molecule has 2 amide bonds. The molecule has 0 unspecified atom stereocenters. The number of aromatic nitrogens is 3. The second kappa shape index (κ2) is 8.95. The molecule has 5 rings (SSSR count). The fraction of sp³-hybridized carbons (Fsp3) is 0.0800. The van der Waals surface area contributed by atoms with Crippen molar-refractivity contribution in [1.82, 2.24) is 14.8 Å². The van der Waals surface area contributed by atoms with E-state index in [0.29, 0.717) is 17.2 Å². The topological polar surface area (TPSA) is 97.9 Å². The third-order valence-corrected chi connectivity index (χ3v) is 6.44. The number of aryl methyl sites for hydroxylation is 1. The predicted molar refractivity (Wildman–Crippen MR) is 135 cm³/mol. The first kappa shape index (κ1) is 21.6. The van der Waals surface area contributed by atoms with Crippen LogP contribution in [0.1, 0.15) is 6.92 Å². The summed E-state index contributed by atoms with van der Waals surface area (Å²) in [6.07, 6.45) is 5.63. The highest BCUT2D eigenvalue weighted by molar-refractivity contribution is 7.18. The van der Waals surface area contributed by atoms with E-state index in [4.69, 9.17) is 5.73 Å². The number of anilines is 3. The van der Waals surface area contributed by atoms with Gasteiger partial charge in [0.2, 0.25) is 0 Å². The lowest BCUT2D eigenvalue weighted by Crippen LogP contribution is -2.19. The summed E-state index contributed by atoms with van der Waals surface area (Å²) < 4.78 is 16.2. The molecular weight excluding hydrogens is 451 g/mol. The molecule has 170 valence electrons. The average Bonchev–Trinajstić information content (AvgIpc) is 3.48. The quantitative estimate of drug-likeness (QED) is 0.283. The summed E-state index contributed by atoms with van der Waals surface area (Å²) in [4.78, 5) is 16.7. The predicted octanol–water partition coefficient (Wildman–Crippen LogP) is 6.21. The van der Waals surface area contributed by atoms with E-state index in [0.717, 1.165) is 38.9 Å². The van der Waals surface area contributed by atoms with Crippen molar-refractivity contribution < 1.29 is 9.18 Å². The van der Waals surface area contributed by atoms with Gasteiger partial charge in [0.05, 0.1) is 6.20 Å². The van der Waals surface area contributed by atoms with E-state index < -0.39 is 11.8 Å². The first-order chi connectivity index (χ1) is 16.5. The summed E-state index contributed by atoms with van der Waals surface area (Å²) in [6.45, 7) is 2.84. The molecule has 0 fully saturated rings. The number of halogens is 1. The van der Waals surface area contributed by atoms with Crippen LogP contribution in [0.25, 0.3) is 32.3 Å². The monoisotopic (exact) mass is 472 g/mol. The number of thiophene rings is 1. The van der Waals surface area contributed by atoms with E-state index in [1.807, 2.05) is 48.3 Å². The van der Waals surface area contributed by atoms with Crippen LogP contribution >= 0.6 is 11.3 Å². The number of pyridine rings is 1. The van der Waals surface area contributed by atoms with Crippen molar-refractivity contribution in [1.29, 1.82) is 0 Å². The van der Waals surface area contributed by atoms with Crippen LogP contribution in [0.15, 0.2) is 72.5 Å². The van der Waals surface area contributed by atoms with Crippen molar-refractivity contribution in [3.05, 3.63) is 78.3 Å². The van der Waals surface area contributed by atoms with Gasteiger partial charge in [0.25, 0.3) is 0 Å². The van der Waals surface area contributed by atoms with Crippen molar-refractivity contribution in [2.45, 2.75) is 13.5 Å². The number of urea groups is 1. The molecule has 0 saturated carbocycles. The number of carbonyl (C=O) groups excluding carboxylic acids is 1. The Bertz CT molecular complexity index is 1490. The lowest BCUT2D eigenvalue weighted by atomic mass is 10.0. The van der Waals surface area contributed by atoms with Gasteiger partial charge in [-0.25, -0.2) is 14.2 Å². The number of nitrogens with one attached hydrogen (secondary N) is 2. The van der Waals surface area contributed by atoms with E-state index in [1.54, 1.807) is 23.6 Å². The van der Waals surface area contributed by atoms with Crippen LogP contribution in [0, 0.1) is 5.82 Å². The molecule has 3 aromatic heterocycles. The molecule has 0 aliphatic carbocycles. The molecule has 9 heteroatoms. The molecule has 0 saturated heterocycles. The van der Waals surface area contributed by atoms with Gasteiger partial charge < -0.3 is 16.4 Å². The van der Waals surface area contributed by atoms with Crippen LogP contribution in [0.2, 0.25) is 0 Å². The molecule has 0 aliphatic rings. The Hall–Kier alpha value is -4.24. The first-order valence-electron chi connectivity index (χ1n) is 10.6. The highest BCUT2D eigenvalue weighted by Crippen LogP contribution is 2.41. The van der Waals surface area contributed by atoms with Crippen LogP contribution in [0.5, 0.6) is 0 Å². The highest BCUT2D eigenvalue weighted by atomic mass is 32.1. The SMILES string of the molecule is CCn1cc(-c2cnc(N)c3c(-c4ccc(NC(=O)Nc5cccc(F)c5)cc4)csc23)cn1. The number of nitrogens with zero attached hydrogens (tertiary/aromatic N) is 3. The third kappa shape index (κ3) is 4.20. The zero-order valence-corrected chi connectivity index (χ0v) is 19.1. The lowest BCUT2D eigenvalue weighted by Gasteiger charge is -2.09. The Morgan fingerprint density at radius 1 is 1.06 bits per heavy atom. The maximum Gasteiger partial charge on any atom is 0.323 e. The number of fused-ring (bicyclic) bond motifs is 1. The van der Waals surface area contributed by atoms with Gasteiger partial charge in [-0.1, -0.05) is 18.2 Å². The molecule has 0 spiro atoms. The van der Waals surface area contributed by atoms with Gasteiger partial charge in [-0.15, -0.1) is 11.3 Å². The molecule has 34 heavy (non-hydrogen) atoms. The van der Waals surface area contributed by atoms with Crippen molar-refractivity contribution in [3.8, 4) is 22.3 Å². The summed E-state index contributed by atoms with van der Waals surface area (Å²) in [5.74, 6) is 0.0517. The summed E-state index contributed by atoms with van der Waals surface area (Å²) in [5, 5.41) is 12.7. The van der Waals surface area contributed by atoms with Gasteiger partial charge in [0.1, 0.15) is 11.6 Å². The standard InChI is InChI=1S/C25H21FN6OS/c1-2-32-13-16(11-29-32)20-12-28-24(27)22-21(14-34-23(20)22)15-6-8-18(9-7-15)30-25(33)31-19-5-3-4-17(26)10-19/h3-14H,2H2,1H3,(H2,27,28)(H2,30,31,33). The van der Waals surface area contributed by atoms with E-state index in [2.05, 4.69) is 26.1 Å². The van der Waals surface area contributed by atoms with Crippen molar-refractivity contribution >= 4 is 44.6 Å². The van der Waals surface area contributed by atoms with Gasteiger partial charge in [0.15, 0.2) is 0 Å². The van der Waals surface area contributed by atoms with Gasteiger partial charge >= 0.3 is 6.03 Å². The Labute approximate surface area is 199 Å². The number of rotatable bonds is 5. The molecule has 2 aromatic carbocycles. The number of benzene rings is 2. The Morgan fingerprint density at radius 3 is 2.59 bits per heavy atom. The molecule has 0 bridgehead atoms. The van der Waals surface area contributed by atoms with E-state index >= 15 is 0 Å². The number of hydrogen-bond acceptors (Lipinski definition) is 5. The molecule has 3 heterocycles. The molecule has 5 aromatic rings. The summed E-state index contributed by atoms with van der Waals surface area (Å²) in [6, 6.07) is 12.7. The maximum absolute atomic E-state index is 13.3. The number of nitrogens with two attached hydrogens (primary N) is 1. The van der Waals surface area contributed by atoms with Crippen LogP contribution in [0.4, 0.5) is 26.4 Å². The Balaban J connectivity index is 1.40. The van der Waals surface area contributed by atoms with Crippen LogP contribution < -0.4 is 16.4 Å². The largest absolute Gasteiger partial charge is 0.383 e. The highest BCUT2D eigenvalue weighted by Gasteiger charge is 2.16. The number of carbonyl (C=O) groups is 1. The molecule has 0 atom stereocenters. The number of nitrogen functional groups attached to an aromatic ring is 1. The van der Waals surface area contributed by atoms with Gasteiger partial charge in [-0.3, -0.25) is 4.68 Å². The van der Waals surface area contributed by atoms with E-state index in [9.17, 15) is 9.18 Å². The summed E-state index contributed by atoms with van der Waals surface area (Å²) in [5.41, 5.74) is 11.2. The minimum absolute atomic E-state index is 0.377. The second-order valence-electron chi connectivity index (χ2n) is 7.66. The molecule has 0 radical (unpaired) electrons. The zero-order valence-electron chi connectivity index (χ0n) is 18.2. The fourth-order valence-electron chi connectivity index (χ4n) is 3.75. The molecule has 4 N–H and O–H groups in total. The van der Waals surface area contributed by atoms with Gasteiger partial charge in [-0.2, -0.15) is 5.10 Å². The summed E-state index contributed by atoms with van der Waals surface area (Å²) in [7, 11) is 0. The van der Waals surface area contributed by atoms with Crippen LogP contribution in [0.3, 0.4) is 0 Å². The third-order valence-electron chi connectivity index (χ3n) is 5.43. The van der Waals surface area contributed by atoms with Crippen LogP contribution in [-0.4, -0.2) is 20.8 Å². The van der Waals surface area contributed by atoms with Crippen LogP contribution in [-0.2, 0) is 6.54 Å². The molecule has 0 aliphatic heterocycles. The van der Waals surface area contributed by atoms with Crippen molar-refractivity contribution in [2.24, 2.45) is 0 Å². The Kier molecular flexibility index (Phi) is 5.69. The number of amides is 2. The first-order valence-corrected chi connectivity index (χ1v) is 11.5. The Morgan fingerprint density at radius 2 is 1.85 bits per heavy atom. The molecule has 7 nitrogen and oxygen atoms in total. The molecular formula is C25H21FN6OS. The van der Waals surface area contributed by atoms with Gasteiger partial charge in [-0.05, 0) is 48.2 Å². The maximum atomic E-state index is 13.3. The summed E-state index contributed by atoms with van der Waals surface area (Å²) >= 11 is 1.61. The lowest BCUT2D eigenvalue weighted by molar-refractivity contribution is 0.262. The fourth-order valence-corrected chi connectivity index (χ4v) is 4.87. The second-order valence-corrected chi connectivity index (χ2v) is 8.54. The normalized spacial score (nSPS) is 11.0. The smallest absolute Gasteiger partial charge is 0.323 e.